The minimum Gasteiger partial charge on any atom is -0.337 e. The molecule has 0 saturated heterocycles. The lowest BCUT2D eigenvalue weighted by Crippen LogP contribution is -2.23. The van der Waals surface area contributed by atoms with Crippen LogP contribution in [0.5, 0.6) is 0 Å². The number of fused-ring (bicyclic) bond motifs is 1. The lowest BCUT2D eigenvalue weighted by Gasteiger charge is -2.13. The Labute approximate surface area is 241 Å². The predicted molar refractivity (Wildman–Crippen MR) is 156 cm³/mol. The summed E-state index contributed by atoms with van der Waals surface area (Å²) in [5, 5.41) is 46.9. The number of aliphatic imine (C=N–C) groups is 1. The van der Waals surface area contributed by atoms with Crippen molar-refractivity contribution in [1.29, 1.82) is 10.5 Å². The number of nitrogens with zero attached hydrogens (tertiary/aromatic N) is 8. The molecule has 14 nitrogen and oxygen atoms in total. The van der Waals surface area contributed by atoms with E-state index in [2.05, 4.69) is 20.1 Å². The Kier molecular flexibility index (Phi) is 7.33. The van der Waals surface area contributed by atoms with E-state index in [4.69, 9.17) is 0 Å². The van der Waals surface area contributed by atoms with E-state index >= 15 is 0 Å². The first-order chi connectivity index (χ1) is 20.7. The van der Waals surface area contributed by atoms with Gasteiger partial charge in [-0.05, 0) is 54.4 Å². The van der Waals surface area contributed by atoms with E-state index in [1.807, 2.05) is 30.3 Å². The van der Waals surface area contributed by atoms with Crippen LogP contribution in [-0.2, 0) is 0 Å². The van der Waals surface area contributed by atoms with Crippen molar-refractivity contribution in [2.75, 3.05) is 0 Å². The molecule has 14 heteroatoms. The highest BCUT2D eigenvalue weighted by Gasteiger charge is 2.24. The van der Waals surface area contributed by atoms with Gasteiger partial charge in [-0.1, -0.05) is 12.1 Å². The number of imidazole rings is 1. The first kappa shape index (κ1) is 27.8. The lowest BCUT2D eigenvalue weighted by molar-refractivity contribution is -0.385. The van der Waals surface area contributed by atoms with Crippen molar-refractivity contribution in [3.63, 3.8) is 0 Å². The zero-order valence-electron chi connectivity index (χ0n) is 22.1. The number of hydrogen-bond donors (Lipinski definition) is 1. The normalized spacial score (nSPS) is 11.4. The second-order valence-corrected chi connectivity index (χ2v) is 8.99. The van der Waals surface area contributed by atoms with Crippen molar-refractivity contribution < 1.29 is 9.85 Å². The van der Waals surface area contributed by atoms with E-state index in [0.29, 0.717) is 16.9 Å². The van der Waals surface area contributed by atoms with Crippen LogP contribution in [0.4, 0.5) is 17.2 Å². The molecule has 0 aliphatic heterocycles. The smallest absolute Gasteiger partial charge is 0.291 e. The zero-order chi connectivity index (χ0) is 30.7. The predicted octanol–water partition coefficient (Wildman–Crippen LogP) is 4.97. The number of benzene rings is 3. The number of H-pyrrole nitrogens is 1. The van der Waals surface area contributed by atoms with Gasteiger partial charge in [0.2, 0.25) is 0 Å². The van der Waals surface area contributed by atoms with Crippen LogP contribution < -0.4 is 5.56 Å². The van der Waals surface area contributed by atoms with Gasteiger partial charge in [-0.2, -0.15) is 20.3 Å². The average Bonchev–Trinajstić information content (AvgIpc) is 3.46. The summed E-state index contributed by atoms with van der Waals surface area (Å²) in [4.78, 5) is 46.8. The second-order valence-electron chi connectivity index (χ2n) is 8.99. The van der Waals surface area contributed by atoms with Crippen LogP contribution in [0.3, 0.4) is 0 Å². The molecule has 0 fully saturated rings. The molecule has 5 aromatic rings. The quantitative estimate of drug-likeness (QED) is 0.160. The molecule has 0 radical (unpaired) electrons. The minimum atomic E-state index is -0.902. The number of non-ortho nitro benzene ring substituents is 2. The summed E-state index contributed by atoms with van der Waals surface area (Å²) in [5.41, 5.74) is 0.245. The molecule has 0 unspecified atom stereocenters. The molecule has 0 spiro atoms. The third-order valence-corrected chi connectivity index (χ3v) is 6.34. The summed E-state index contributed by atoms with van der Waals surface area (Å²) in [6.45, 7) is 1.58. The van der Waals surface area contributed by atoms with Gasteiger partial charge >= 0.3 is 0 Å². The molecule has 1 N–H and O–H groups in total. The maximum absolute atomic E-state index is 13.8. The summed E-state index contributed by atoms with van der Waals surface area (Å²) in [5.74, 6) is 0.0866. The number of hydrogen-bond acceptors (Lipinski definition) is 10. The first-order valence-corrected chi connectivity index (χ1v) is 12.4. The number of nitriles is 2. The third-order valence-electron chi connectivity index (χ3n) is 6.34. The van der Waals surface area contributed by atoms with Crippen molar-refractivity contribution in [2.24, 2.45) is 10.1 Å². The monoisotopic (exact) mass is 571 g/mol. The average molecular weight is 572 g/mol. The van der Waals surface area contributed by atoms with E-state index in [-0.39, 0.29) is 39.6 Å². The Morgan fingerprint density at radius 1 is 0.930 bits per heavy atom. The summed E-state index contributed by atoms with van der Waals surface area (Å²) in [6.07, 6.45) is 1.29. The standard InChI is InChI=1S/C29H17N9O5/c1-17(27-33-24-4-2-3-5-25(24)34-27)35-36-28(32-16-18-6-10-20(11-7-18)37(40)41)22(14-30)26(23(15-31)29(36)39)19-8-12-21(13-9-19)38(42)43/h2-13,16H,1H3,(H,33,34)/b32-16?,35-17+. The van der Waals surface area contributed by atoms with Crippen molar-refractivity contribution >= 4 is 40.2 Å². The molecule has 5 rings (SSSR count). The number of pyridine rings is 1. The molecule has 0 saturated carbocycles. The van der Waals surface area contributed by atoms with Crippen LogP contribution in [0.1, 0.15) is 29.4 Å². The Bertz CT molecular complexity index is 2100. The summed E-state index contributed by atoms with van der Waals surface area (Å²) in [7, 11) is 0. The van der Waals surface area contributed by atoms with E-state index in [9.17, 15) is 35.5 Å². The molecule has 208 valence electrons. The van der Waals surface area contributed by atoms with Gasteiger partial charge in [-0.25, -0.2) is 9.98 Å². The topological polar surface area (TPSA) is 209 Å². The Morgan fingerprint density at radius 3 is 2.12 bits per heavy atom. The molecular formula is C29H17N9O5. The van der Waals surface area contributed by atoms with Crippen LogP contribution >= 0.6 is 0 Å². The summed E-state index contributed by atoms with van der Waals surface area (Å²) >= 11 is 0. The van der Waals surface area contributed by atoms with Crippen LogP contribution in [0.2, 0.25) is 0 Å². The van der Waals surface area contributed by atoms with Crippen molar-refractivity contribution in [3.05, 3.63) is 126 Å². The fourth-order valence-electron chi connectivity index (χ4n) is 4.25. The van der Waals surface area contributed by atoms with Gasteiger partial charge in [0.25, 0.3) is 16.9 Å². The molecular weight excluding hydrogens is 554 g/mol. The minimum absolute atomic E-state index is 0.0754. The van der Waals surface area contributed by atoms with Crippen molar-refractivity contribution in [3.8, 4) is 23.3 Å². The van der Waals surface area contributed by atoms with Crippen molar-refractivity contribution in [2.45, 2.75) is 6.92 Å². The molecule has 0 aliphatic rings. The van der Waals surface area contributed by atoms with E-state index in [0.717, 1.165) is 10.2 Å². The van der Waals surface area contributed by atoms with E-state index in [1.54, 1.807) is 13.0 Å². The molecule has 0 amide bonds. The van der Waals surface area contributed by atoms with Gasteiger partial charge in [0.1, 0.15) is 29.0 Å². The summed E-state index contributed by atoms with van der Waals surface area (Å²) in [6, 6.07) is 21.5. The molecule has 0 bridgehead atoms. The van der Waals surface area contributed by atoms with Gasteiger partial charge < -0.3 is 4.98 Å². The fraction of sp³-hybridized carbons (Fsp3) is 0.0345. The zero-order valence-corrected chi connectivity index (χ0v) is 22.1. The van der Waals surface area contributed by atoms with Gasteiger partial charge in [0.05, 0.1) is 20.9 Å². The Morgan fingerprint density at radius 2 is 1.53 bits per heavy atom. The first-order valence-electron chi connectivity index (χ1n) is 12.4. The maximum Gasteiger partial charge on any atom is 0.291 e. The van der Waals surface area contributed by atoms with Gasteiger partial charge in [-0.3, -0.25) is 25.0 Å². The number of nitrogens with one attached hydrogen (secondary N) is 1. The molecule has 2 heterocycles. The largest absolute Gasteiger partial charge is 0.337 e. The Hall–Kier alpha value is -6.80. The SMILES string of the molecule is C/C(=N\n1c(N=Cc2ccc([N+](=O)[O-])cc2)c(C#N)c(-c2ccc([N+](=O)[O-])cc2)c(C#N)c1=O)c1nc2ccccc2[nH]1. The van der Waals surface area contributed by atoms with E-state index in [1.165, 1.54) is 54.7 Å². The van der Waals surface area contributed by atoms with Gasteiger partial charge in [0.15, 0.2) is 11.6 Å². The molecule has 43 heavy (non-hydrogen) atoms. The number of nitro benzene ring substituents is 2. The highest BCUT2D eigenvalue weighted by Crippen LogP contribution is 2.33. The number of aromatic nitrogens is 3. The maximum atomic E-state index is 13.8. The highest BCUT2D eigenvalue weighted by molar-refractivity contribution is 5.98. The van der Waals surface area contributed by atoms with Crippen LogP contribution in [0.25, 0.3) is 22.2 Å². The van der Waals surface area contributed by atoms with Crippen LogP contribution in [0.15, 0.2) is 87.7 Å². The number of rotatable bonds is 7. The van der Waals surface area contributed by atoms with E-state index < -0.39 is 21.0 Å². The second kappa shape index (κ2) is 11.4. The van der Waals surface area contributed by atoms with Crippen LogP contribution in [0, 0.1) is 42.9 Å². The number of para-hydroxylation sites is 2. The van der Waals surface area contributed by atoms with Gasteiger partial charge in [-0.15, -0.1) is 0 Å². The van der Waals surface area contributed by atoms with Gasteiger partial charge in [0, 0.05) is 36.0 Å². The molecule has 2 aromatic heterocycles. The summed E-state index contributed by atoms with van der Waals surface area (Å²) < 4.78 is 0.816. The van der Waals surface area contributed by atoms with Crippen LogP contribution in [-0.4, -0.2) is 36.4 Å². The third kappa shape index (κ3) is 5.34. The highest BCUT2D eigenvalue weighted by atomic mass is 16.6. The van der Waals surface area contributed by atoms with Crippen molar-refractivity contribution in [1.82, 2.24) is 14.6 Å². The fourth-order valence-corrected chi connectivity index (χ4v) is 4.25. The number of aromatic amines is 1. The Balaban J connectivity index is 1.76. The lowest BCUT2D eigenvalue weighted by atomic mass is 9.96. The molecule has 3 aromatic carbocycles. The molecule has 0 aliphatic carbocycles. The number of nitro groups is 2. The molecule has 0 atom stereocenters.